The summed E-state index contributed by atoms with van der Waals surface area (Å²) in [5.74, 6) is 1.19. The second-order valence-corrected chi connectivity index (χ2v) is 20.0. The highest BCUT2D eigenvalue weighted by atomic mass is 35.5. The number of nitrogens with one attached hydrogen (secondary N) is 1. The molecule has 352 valence electrons. The molecule has 0 bridgehead atoms. The Kier molecular flexibility index (Phi) is 17.5. The lowest BCUT2D eigenvalue weighted by molar-refractivity contribution is -0.139. The monoisotopic (exact) mass is 929 g/mol. The SMILES string of the molecule is NCCC(=O)N[C@H](Cc1ccc(Cl)cc1)C(=O)N1CCC(Cn2cncn2)(C2CCCCC2)CC1.N[C@H](Cc1ccc(Cl)cc1)C(=O)N1CCC(Cn2cncn2)(C2CCCCC2)CC1. The molecular weight excluding hydrogens is 862 g/mol. The Hall–Kier alpha value is -4.37. The van der Waals surface area contributed by atoms with Crippen LogP contribution in [0.5, 0.6) is 0 Å². The summed E-state index contributed by atoms with van der Waals surface area (Å²) >= 11 is 12.0. The predicted molar refractivity (Wildman–Crippen MR) is 254 cm³/mol. The Balaban J connectivity index is 0.000000196. The summed E-state index contributed by atoms with van der Waals surface area (Å²) < 4.78 is 3.95. The fourth-order valence-electron chi connectivity index (χ4n) is 11.3. The molecule has 0 spiro atoms. The van der Waals surface area contributed by atoms with Crippen molar-refractivity contribution in [3.8, 4) is 0 Å². The normalized spacial score (nSPS) is 20.0. The lowest BCUT2D eigenvalue weighted by Gasteiger charge is -2.48. The second kappa shape index (κ2) is 23.4. The Bertz CT molecular complexity index is 2060. The second-order valence-electron chi connectivity index (χ2n) is 19.2. The number of benzene rings is 2. The topological polar surface area (TPSA) is 183 Å². The molecule has 4 aliphatic rings. The minimum Gasteiger partial charge on any atom is -0.344 e. The van der Waals surface area contributed by atoms with Crippen molar-refractivity contribution in [2.45, 2.75) is 134 Å². The van der Waals surface area contributed by atoms with Gasteiger partial charge in [0.2, 0.25) is 17.7 Å². The maximum atomic E-state index is 13.6. The summed E-state index contributed by atoms with van der Waals surface area (Å²) in [5.41, 5.74) is 14.2. The predicted octanol–water partition coefficient (Wildman–Crippen LogP) is 6.89. The van der Waals surface area contributed by atoms with Crippen molar-refractivity contribution in [1.82, 2.24) is 44.6 Å². The Labute approximate surface area is 394 Å². The number of carbonyl (C=O) groups is 3. The number of nitrogens with two attached hydrogens (primary N) is 2. The van der Waals surface area contributed by atoms with Gasteiger partial charge in [-0.05, 0) is 116 Å². The van der Waals surface area contributed by atoms with Crippen molar-refractivity contribution in [2.75, 3.05) is 32.7 Å². The van der Waals surface area contributed by atoms with Gasteiger partial charge in [0.25, 0.3) is 0 Å². The minimum absolute atomic E-state index is 0.0247. The summed E-state index contributed by atoms with van der Waals surface area (Å²) in [5, 5.41) is 13.0. The molecule has 4 fully saturated rings. The molecule has 4 heterocycles. The first-order valence-corrected chi connectivity index (χ1v) is 24.8. The molecule has 5 N–H and O–H groups in total. The third kappa shape index (κ3) is 13.2. The number of rotatable bonds is 15. The first kappa shape index (κ1) is 48.6. The average molecular weight is 931 g/mol. The zero-order valence-corrected chi connectivity index (χ0v) is 39.4. The van der Waals surface area contributed by atoms with Crippen LogP contribution in [0.15, 0.2) is 73.8 Å². The molecule has 3 amide bonds. The van der Waals surface area contributed by atoms with Gasteiger partial charge in [0, 0.05) is 68.7 Å². The van der Waals surface area contributed by atoms with Gasteiger partial charge < -0.3 is 26.6 Å². The molecule has 8 rings (SSSR count). The van der Waals surface area contributed by atoms with E-state index in [4.69, 9.17) is 34.7 Å². The van der Waals surface area contributed by atoms with E-state index in [1.54, 1.807) is 19.0 Å². The number of piperidine rings is 2. The summed E-state index contributed by atoms with van der Waals surface area (Å²) in [6, 6.07) is 13.9. The molecule has 2 aromatic carbocycles. The van der Waals surface area contributed by atoms with E-state index in [9.17, 15) is 14.4 Å². The molecule has 65 heavy (non-hydrogen) atoms. The number of hydrogen-bond acceptors (Lipinski definition) is 9. The van der Waals surface area contributed by atoms with Gasteiger partial charge in [0.1, 0.15) is 31.4 Å². The number of halogens is 2. The summed E-state index contributed by atoms with van der Waals surface area (Å²) in [7, 11) is 0. The smallest absolute Gasteiger partial charge is 0.245 e. The van der Waals surface area contributed by atoms with Crippen LogP contribution in [0.1, 0.15) is 107 Å². The van der Waals surface area contributed by atoms with E-state index in [1.165, 1.54) is 64.2 Å². The van der Waals surface area contributed by atoms with Gasteiger partial charge in [-0.1, -0.05) is 86.0 Å². The van der Waals surface area contributed by atoms with Crippen molar-refractivity contribution >= 4 is 40.9 Å². The molecule has 0 unspecified atom stereocenters. The molecule has 4 aromatic rings. The van der Waals surface area contributed by atoms with Crippen LogP contribution in [-0.4, -0.2) is 102 Å². The van der Waals surface area contributed by atoms with Gasteiger partial charge in [-0.2, -0.15) is 10.2 Å². The largest absolute Gasteiger partial charge is 0.344 e. The summed E-state index contributed by atoms with van der Waals surface area (Å²) in [6.45, 7) is 4.93. The molecule has 16 heteroatoms. The average Bonchev–Trinajstić information content (AvgIpc) is 4.06. The van der Waals surface area contributed by atoms with Crippen LogP contribution in [-0.2, 0) is 40.3 Å². The quantitative estimate of drug-likeness (QED) is 0.114. The fourth-order valence-corrected chi connectivity index (χ4v) is 11.6. The van der Waals surface area contributed by atoms with Gasteiger partial charge in [0.15, 0.2) is 0 Å². The molecule has 14 nitrogen and oxygen atoms in total. The molecule has 2 aromatic heterocycles. The first-order chi connectivity index (χ1) is 31.5. The van der Waals surface area contributed by atoms with Crippen LogP contribution < -0.4 is 16.8 Å². The third-order valence-corrected chi connectivity index (χ3v) is 15.5. The van der Waals surface area contributed by atoms with Crippen LogP contribution in [0.4, 0.5) is 0 Å². The lowest BCUT2D eigenvalue weighted by atomic mass is 9.63. The van der Waals surface area contributed by atoms with Crippen molar-refractivity contribution in [3.05, 3.63) is 95.0 Å². The van der Waals surface area contributed by atoms with E-state index < -0.39 is 12.1 Å². The highest BCUT2D eigenvalue weighted by molar-refractivity contribution is 6.30. The standard InChI is InChI=1S/C26H37ClN6O2.C23H32ClN5O/c27-22-8-6-20(7-9-22)16-23(31-24(34)10-13-28)25(35)32-14-11-26(12-15-32,17-33-19-29-18-30-33)21-4-2-1-3-5-21;24-20-8-6-18(7-9-20)14-21(25)22(30)28-12-10-23(11-13-28,15-29-17-26-16-27-29)19-4-2-1-3-5-19/h6-9,18-19,21,23H,1-5,10-17,28H2,(H,31,34);6-9,16-17,19,21H,1-5,10-15,25H2/t23-;21-/m11/s1. The molecule has 2 saturated carbocycles. The number of likely N-dealkylation sites (tertiary alicyclic amines) is 2. The first-order valence-electron chi connectivity index (χ1n) is 24.0. The summed E-state index contributed by atoms with van der Waals surface area (Å²) in [4.78, 5) is 51.2. The highest BCUT2D eigenvalue weighted by Gasteiger charge is 2.45. The third-order valence-electron chi connectivity index (χ3n) is 15.0. The van der Waals surface area contributed by atoms with Crippen molar-refractivity contribution < 1.29 is 14.4 Å². The van der Waals surface area contributed by atoms with Gasteiger partial charge in [-0.3, -0.25) is 23.7 Å². The Morgan fingerprint density at radius 1 is 0.646 bits per heavy atom. The number of hydrogen-bond donors (Lipinski definition) is 3. The molecule has 0 radical (unpaired) electrons. The summed E-state index contributed by atoms with van der Waals surface area (Å²) in [6.07, 6.45) is 24.8. The van der Waals surface area contributed by atoms with Gasteiger partial charge >= 0.3 is 0 Å². The molecule has 2 saturated heterocycles. The number of aromatic nitrogens is 6. The molecule has 2 aliphatic carbocycles. The number of amides is 3. The zero-order valence-electron chi connectivity index (χ0n) is 37.9. The maximum absolute atomic E-state index is 13.6. The van der Waals surface area contributed by atoms with Crippen molar-refractivity contribution in [3.63, 3.8) is 0 Å². The fraction of sp³-hybridized carbons (Fsp3) is 0.612. The van der Waals surface area contributed by atoms with E-state index in [0.29, 0.717) is 47.8 Å². The van der Waals surface area contributed by atoms with Crippen LogP contribution in [0.3, 0.4) is 0 Å². The minimum atomic E-state index is -0.618. The van der Waals surface area contributed by atoms with Crippen molar-refractivity contribution in [1.29, 1.82) is 0 Å². The lowest BCUT2D eigenvalue weighted by Crippen LogP contribution is -2.54. The Morgan fingerprint density at radius 2 is 1.08 bits per heavy atom. The van der Waals surface area contributed by atoms with E-state index in [0.717, 1.165) is 63.0 Å². The van der Waals surface area contributed by atoms with Gasteiger partial charge in [-0.25, -0.2) is 9.97 Å². The van der Waals surface area contributed by atoms with Crippen LogP contribution in [0, 0.1) is 22.7 Å². The van der Waals surface area contributed by atoms with E-state index in [2.05, 4.69) is 25.5 Å². The van der Waals surface area contributed by atoms with Crippen molar-refractivity contribution in [2.24, 2.45) is 34.1 Å². The highest BCUT2D eigenvalue weighted by Crippen LogP contribution is 2.48. The number of nitrogens with zero attached hydrogens (tertiary/aromatic N) is 8. The Morgan fingerprint density at radius 3 is 1.49 bits per heavy atom. The van der Waals surface area contributed by atoms with E-state index >= 15 is 0 Å². The molecule has 2 aliphatic heterocycles. The zero-order chi connectivity index (χ0) is 45.7. The van der Waals surface area contributed by atoms with Crippen LogP contribution in [0.2, 0.25) is 10.0 Å². The van der Waals surface area contributed by atoms with E-state index in [-0.39, 0.29) is 41.5 Å². The molecule has 2 atom stereocenters. The van der Waals surface area contributed by atoms with Crippen LogP contribution in [0.25, 0.3) is 0 Å². The van der Waals surface area contributed by atoms with Crippen LogP contribution >= 0.6 is 23.2 Å². The molecular formula is C49H69Cl2N11O3. The van der Waals surface area contributed by atoms with Gasteiger partial charge in [0.05, 0.1) is 6.04 Å². The number of carbonyl (C=O) groups excluding carboxylic acids is 3. The van der Waals surface area contributed by atoms with Gasteiger partial charge in [-0.15, -0.1) is 0 Å². The van der Waals surface area contributed by atoms with E-state index in [1.807, 2.05) is 74.0 Å². The maximum Gasteiger partial charge on any atom is 0.245 e.